The molecule has 1 fully saturated rings. The lowest BCUT2D eigenvalue weighted by Gasteiger charge is -2.28. The van der Waals surface area contributed by atoms with Crippen LogP contribution < -0.4 is 0 Å². The first-order chi connectivity index (χ1) is 10.6. The molecular formula is C19H24O3. The maximum atomic E-state index is 5.91. The largest absolute Gasteiger partial charge is 0.376 e. The summed E-state index contributed by atoms with van der Waals surface area (Å²) in [5.41, 5.74) is 0.974. The quantitative estimate of drug-likeness (QED) is 0.543. The van der Waals surface area contributed by atoms with Gasteiger partial charge in [-0.3, -0.25) is 0 Å². The molecule has 0 amide bonds. The Morgan fingerprint density at radius 1 is 1.41 bits per heavy atom. The first kappa shape index (κ1) is 16.8. The minimum atomic E-state index is -0.610. The minimum absolute atomic E-state index is 0.181. The van der Waals surface area contributed by atoms with Gasteiger partial charge in [0.1, 0.15) is 0 Å². The summed E-state index contributed by atoms with van der Waals surface area (Å²) in [5.74, 6) is 2.15. The highest BCUT2D eigenvalue weighted by atomic mass is 16.7. The fourth-order valence-electron chi connectivity index (χ4n) is 2.85. The lowest BCUT2D eigenvalue weighted by atomic mass is 9.82. The third-order valence-electron chi connectivity index (χ3n) is 3.88. The van der Waals surface area contributed by atoms with E-state index in [1.807, 2.05) is 25.1 Å². The number of ether oxygens (including phenoxy) is 3. The van der Waals surface area contributed by atoms with Crippen LogP contribution in [-0.2, 0) is 20.8 Å². The van der Waals surface area contributed by atoms with Crippen LogP contribution in [0.5, 0.6) is 0 Å². The Kier molecular flexibility index (Phi) is 5.79. The van der Waals surface area contributed by atoms with Gasteiger partial charge >= 0.3 is 0 Å². The molecule has 1 saturated heterocycles. The summed E-state index contributed by atoms with van der Waals surface area (Å²) >= 11 is 0. The standard InChI is InChI=1S/C19H24O3/c1-4-11-19(14-18(3,22-16-19)21-12-5-2)15-20-13-17-9-7-6-8-10-17/h1,5-10H,2,11-16H2,3H3. The van der Waals surface area contributed by atoms with Crippen molar-refractivity contribution in [3.05, 3.63) is 48.6 Å². The highest BCUT2D eigenvalue weighted by Crippen LogP contribution is 2.42. The van der Waals surface area contributed by atoms with Gasteiger partial charge in [0, 0.05) is 18.3 Å². The molecule has 1 aliphatic heterocycles. The van der Waals surface area contributed by atoms with Gasteiger partial charge in [0.15, 0.2) is 5.79 Å². The lowest BCUT2D eigenvalue weighted by Crippen LogP contribution is -2.32. The van der Waals surface area contributed by atoms with Crippen molar-refractivity contribution in [1.29, 1.82) is 0 Å². The summed E-state index contributed by atoms with van der Waals surface area (Å²) in [7, 11) is 0. The van der Waals surface area contributed by atoms with Gasteiger partial charge in [0.2, 0.25) is 0 Å². The Bertz CT molecular complexity index is 519. The number of terminal acetylenes is 1. The van der Waals surface area contributed by atoms with Crippen LogP contribution in [0.4, 0.5) is 0 Å². The Labute approximate surface area is 133 Å². The molecular weight excluding hydrogens is 276 g/mol. The molecule has 0 bridgehead atoms. The van der Waals surface area contributed by atoms with Gasteiger partial charge in [-0.15, -0.1) is 18.9 Å². The van der Waals surface area contributed by atoms with E-state index >= 15 is 0 Å². The van der Waals surface area contributed by atoms with Crippen LogP contribution in [0.25, 0.3) is 0 Å². The molecule has 0 aliphatic carbocycles. The van der Waals surface area contributed by atoms with Crippen molar-refractivity contribution in [3.8, 4) is 12.3 Å². The first-order valence-electron chi connectivity index (χ1n) is 7.55. The molecule has 0 aromatic heterocycles. The number of hydrogen-bond donors (Lipinski definition) is 0. The molecule has 0 saturated carbocycles. The van der Waals surface area contributed by atoms with E-state index in [2.05, 4.69) is 24.6 Å². The SMILES string of the molecule is C#CCC1(COCc2ccccc2)COC(C)(OCC=C)C1. The van der Waals surface area contributed by atoms with E-state index in [0.717, 1.165) is 12.0 Å². The van der Waals surface area contributed by atoms with Crippen LogP contribution >= 0.6 is 0 Å². The van der Waals surface area contributed by atoms with Gasteiger partial charge < -0.3 is 14.2 Å². The predicted octanol–water partition coefficient (Wildman–Crippen LogP) is 3.55. The molecule has 2 atom stereocenters. The molecule has 0 radical (unpaired) electrons. The second-order valence-corrected chi connectivity index (χ2v) is 6.06. The molecule has 3 nitrogen and oxygen atoms in total. The molecule has 22 heavy (non-hydrogen) atoms. The van der Waals surface area contributed by atoms with Crippen LogP contribution in [0.15, 0.2) is 43.0 Å². The third kappa shape index (κ3) is 4.45. The average Bonchev–Trinajstić information content (AvgIpc) is 2.85. The van der Waals surface area contributed by atoms with E-state index < -0.39 is 5.79 Å². The molecule has 0 spiro atoms. The molecule has 2 rings (SSSR count). The summed E-state index contributed by atoms with van der Waals surface area (Å²) in [5, 5.41) is 0. The lowest BCUT2D eigenvalue weighted by molar-refractivity contribution is -0.189. The van der Waals surface area contributed by atoms with Crippen molar-refractivity contribution in [2.75, 3.05) is 19.8 Å². The van der Waals surface area contributed by atoms with Crippen LogP contribution in [0.2, 0.25) is 0 Å². The fraction of sp³-hybridized carbons (Fsp3) is 0.474. The summed E-state index contributed by atoms with van der Waals surface area (Å²) in [6.07, 6.45) is 8.62. The van der Waals surface area contributed by atoms with Crippen LogP contribution in [0, 0.1) is 17.8 Å². The van der Waals surface area contributed by atoms with E-state index in [1.165, 1.54) is 0 Å². The van der Waals surface area contributed by atoms with Gasteiger partial charge in [0.05, 0.1) is 26.4 Å². The fourth-order valence-corrected chi connectivity index (χ4v) is 2.85. The highest BCUT2D eigenvalue weighted by Gasteiger charge is 2.47. The number of rotatable bonds is 8. The molecule has 1 heterocycles. The van der Waals surface area contributed by atoms with Gasteiger partial charge in [0.25, 0.3) is 0 Å². The Morgan fingerprint density at radius 3 is 2.86 bits per heavy atom. The van der Waals surface area contributed by atoms with Crippen molar-refractivity contribution in [1.82, 2.24) is 0 Å². The topological polar surface area (TPSA) is 27.7 Å². The zero-order valence-electron chi connectivity index (χ0n) is 13.2. The molecule has 3 heteroatoms. The second kappa shape index (κ2) is 7.60. The predicted molar refractivity (Wildman–Crippen MR) is 87.1 cm³/mol. The molecule has 1 aromatic rings. The second-order valence-electron chi connectivity index (χ2n) is 6.06. The molecule has 2 unspecified atom stereocenters. The smallest absolute Gasteiger partial charge is 0.166 e. The molecule has 118 valence electrons. The van der Waals surface area contributed by atoms with E-state index in [0.29, 0.717) is 32.8 Å². The third-order valence-corrected chi connectivity index (χ3v) is 3.88. The van der Waals surface area contributed by atoms with Gasteiger partial charge in [-0.2, -0.15) is 0 Å². The van der Waals surface area contributed by atoms with Crippen molar-refractivity contribution in [3.63, 3.8) is 0 Å². The number of hydrogen-bond acceptors (Lipinski definition) is 3. The molecule has 1 aliphatic rings. The summed E-state index contributed by atoms with van der Waals surface area (Å²) in [6, 6.07) is 10.1. The van der Waals surface area contributed by atoms with Crippen LogP contribution in [0.3, 0.4) is 0 Å². The van der Waals surface area contributed by atoms with E-state index in [4.69, 9.17) is 20.6 Å². The molecule has 0 N–H and O–H groups in total. The van der Waals surface area contributed by atoms with Crippen molar-refractivity contribution < 1.29 is 14.2 Å². The summed E-state index contributed by atoms with van der Waals surface area (Å²) < 4.78 is 17.5. The van der Waals surface area contributed by atoms with Crippen molar-refractivity contribution in [2.45, 2.75) is 32.2 Å². The highest BCUT2D eigenvalue weighted by molar-refractivity contribution is 5.13. The van der Waals surface area contributed by atoms with Gasteiger partial charge in [-0.25, -0.2) is 0 Å². The van der Waals surface area contributed by atoms with Gasteiger partial charge in [-0.1, -0.05) is 36.4 Å². The monoisotopic (exact) mass is 300 g/mol. The van der Waals surface area contributed by atoms with Crippen molar-refractivity contribution >= 4 is 0 Å². The summed E-state index contributed by atoms with van der Waals surface area (Å²) in [6.45, 7) is 7.79. The van der Waals surface area contributed by atoms with Gasteiger partial charge in [-0.05, 0) is 12.5 Å². The Balaban J connectivity index is 1.92. The maximum Gasteiger partial charge on any atom is 0.166 e. The van der Waals surface area contributed by atoms with Crippen LogP contribution in [-0.4, -0.2) is 25.6 Å². The van der Waals surface area contributed by atoms with E-state index in [1.54, 1.807) is 6.08 Å². The number of benzene rings is 1. The Hall–Kier alpha value is -1.60. The minimum Gasteiger partial charge on any atom is -0.376 e. The zero-order valence-corrected chi connectivity index (χ0v) is 13.2. The van der Waals surface area contributed by atoms with Crippen molar-refractivity contribution in [2.24, 2.45) is 5.41 Å². The maximum absolute atomic E-state index is 5.91. The van der Waals surface area contributed by atoms with Crippen LogP contribution in [0.1, 0.15) is 25.3 Å². The normalized spacial score (nSPS) is 27.5. The molecule has 1 aromatic carbocycles. The van der Waals surface area contributed by atoms with E-state index in [9.17, 15) is 0 Å². The summed E-state index contributed by atoms with van der Waals surface area (Å²) in [4.78, 5) is 0. The first-order valence-corrected chi connectivity index (χ1v) is 7.55. The average molecular weight is 300 g/mol. The zero-order chi connectivity index (χ0) is 15.9. The Morgan fingerprint density at radius 2 is 2.18 bits per heavy atom. The van der Waals surface area contributed by atoms with E-state index in [-0.39, 0.29) is 5.41 Å².